The maximum absolute atomic E-state index is 10.5. The minimum atomic E-state index is -0.0955. The summed E-state index contributed by atoms with van der Waals surface area (Å²) in [5, 5.41) is 30.8. The van der Waals surface area contributed by atoms with Crippen molar-refractivity contribution >= 4 is 71.6 Å². The molecule has 6 nitrogen and oxygen atoms in total. The molecule has 0 unspecified atom stereocenters. The average molecular weight is 1250 g/mol. The molecule has 0 saturated heterocycles. The molecule has 0 aliphatic heterocycles. The summed E-state index contributed by atoms with van der Waals surface area (Å²) in [6, 6.07) is 56.2. The maximum atomic E-state index is 10.5. The molecule has 0 fully saturated rings. The molecule has 0 aromatic heterocycles. The van der Waals surface area contributed by atoms with Crippen molar-refractivity contribution in [3.8, 4) is 34.5 Å². The first kappa shape index (κ1) is 61.5. The molecule has 0 spiro atoms. The van der Waals surface area contributed by atoms with E-state index in [4.69, 9.17) is 14.2 Å². The van der Waals surface area contributed by atoms with Crippen molar-refractivity contribution in [2.24, 2.45) is 0 Å². The minimum absolute atomic E-state index is 0. The number of hydrogen-bond acceptors (Lipinski definition) is 6. The average Bonchev–Trinajstić information content (AvgIpc) is 3.40. The van der Waals surface area contributed by atoms with Crippen LogP contribution in [0.25, 0.3) is 0 Å². The molecular weight excluding hydrogens is 1170 g/mol. The molecule has 9 rings (SSSR count). The zero-order chi connectivity index (χ0) is 56.0. The molecule has 3 N–H and O–H groups in total. The molecule has 0 aliphatic carbocycles. The Morgan fingerprint density at radius 1 is 0.278 bits per heavy atom. The normalized spacial score (nSPS) is 10.6. The van der Waals surface area contributed by atoms with E-state index in [-0.39, 0.29) is 52.3 Å². The van der Waals surface area contributed by atoms with Gasteiger partial charge in [-0.1, -0.05) is 7.43 Å². The molecule has 9 aromatic carbocycles. The zero-order valence-corrected chi connectivity index (χ0v) is 52.1. The topological polar surface area (TPSA) is 88.4 Å². The number of hydrogen-bond donors (Lipinski definition) is 3. The standard InChI is InChI=1S/C30H30O2Se.C23H24O2Se.C16H18O2Se.CH4/c1-21-15-23(3)29(31-19-25-11-7-5-8-12-25)27(17-21)33-28-18-22(2)16-24(4)30(28)32-20-26-13-9-6-10-14-26;1-15-10-17(3)22(24)20(12-15)26-21-13-16(2)11-18(4)23(21)25-14-19-8-6-5-7-9-19;1-9-5-11(3)15(17)13(7-9)19-14-8-10(2)6-12(4)16(14)18;/h5-18H,19-20H2,1-4H3;5-13,24H,14H2,1-4H3;5-8,17-18H,1-4H3;1H4. The fraction of sp³-hybridized carbons (Fsp3) is 0.229. The van der Waals surface area contributed by atoms with E-state index >= 15 is 0 Å². The van der Waals surface area contributed by atoms with Gasteiger partial charge in [0.2, 0.25) is 0 Å². The van der Waals surface area contributed by atoms with E-state index in [1.54, 1.807) is 0 Å². The number of aromatic hydroxyl groups is 3. The van der Waals surface area contributed by atoms with Crippen LogP contribution in [0.1, 0.15) is 90.9 Å². The third-order valence-electron chi connectivity index (χ3n) is 12.7. The Bertz CT molecular complexity index is 3330. The Morgan fingerprint density at radius 3 is 0.734 bits per heavy atom. The third-order valence-corrected chi connectivity index (χ3v) is 19.4. The number of phenols is 3. The fourth-order valence-corrected chi connectivity index (χ4v) is 17.2. The van der Waals surface area contributed by atoms with E-state index in [1.807, 2.05) is 95.3 Å². The van der Waals surface area contributed by atoms with Crippen LogP contribution in [0.15, 0.2) is 164 Å². The number of benzene rings is 9. The molecular formula is C70H76O6Se3. The van der Waals surface area contributed by atoms with Crippen LogP contribution in [-0.4, -0.2) is 60.2 Å². The summed E-state index contributed by atoms with van der Waals surface area (Å²) in [5.74, 6) is 4.05. The molecule has 0 radical (unpaired) electrons. The SMILES string of the molecule is C.Cc1cc(C)c(O)c([Se]c2cc(C)cc(C)c2O)c1.Cc1cc(C)c(O)c([Se]c2cc(C)cc(C)c2OCc2ccccc2)c1.Cc1cc(C)c(OCc2ccccc2)c([Se]c2cc(C)cc(C)c2OCc2ccccc2)c1. The van der Waals surface area contributed by atoms with Gasteiger partial charge >= 0.3 is 486 Å². The number of aryl methyl sites for hydroxylation is 12. The van der Waals surface area contributed by atoms with Crippen molar-refractivity contribution in [3.05, 3.63) is 247 Å². The predicted octanol–water partition coefficient (Wildman–Crippen LogP) is 12.2. The van der Waals surface area contributed by atoms with Gasteiger partial charge in [-0.15, -0.1) is 0 Å². The van der Waals surface area contributed by atoms with Crippen LogP contribution in [0.3, 0.4) is 0 Å². The van der Waals surface area contributed by atoms with Gasteiger partial charge in [-0.3, -0.25) is 0 Å². The second kappa shape index (κ2) is 29.0. The van der Waals surface area contributed by atoms with Crippen molar-refractivity contribution in [2.45, 2.75) is 110 Å². The molecule has 79 heavy (non-hydrogen) atoms. The molecule has 9 heteroatoms. The Balaban J connectivity index is 0.000000197. The van der Waals surface area contributed by atoms with E-state index in [1.165, 1.54) is 57.9 Å². The first-order valence-electron chi connectivity index (χ1n) is 26.1. The van der Waals surface area contributed by atoms with Crippen molar-refractivity contribution in [2.75, 3.05) is 0 Å². The molecule has 9 aromatic rings. The molecule has 410 valence electrons. The van der Waals surface area contributed by atoms with E-state index in [2.05, 4.69) is 152 Å². The molecule has 0 atom stereocenters. The van der Waals surface area contributed by atoms with Gasteiger partial charge < -0.3 is 0 Å². The van der Waals surface area contributed by atoms with Crippen LogP contribution in [-0.2, 0) is 19.8 Å². The van der Waals surface area contributed by atoms with Crippen LogP contribution in [0.5, 0.6) is 34.5 Å². The second-order valence-corrected chi connectivity index (χ2v) is 27.0. The van der Waals surface area contributed by atoms with Gasteiger partial charge in [0.25, 0.3) is 0 Å². The van der Waals surface area contributed by atoms with E-state index in [9.17, 15) is 15.3 Å². The number of ether oxygens (including phenoxy) is 3. The molecule has 0 amide bonds. The number of rotatable bonds is 15. The van der Waals surface area contributed by atoms with E-state index in [0.717, 1.165) is 69.6 Å². The molecule has 0 aliphatic rings. The van der Waals surface area contributed by atoms with Crippen molar-refractivity contribution in [1.82, 2.24) is 0 Å². The second-order valence-electron chi connectivity index (χ2n) is 20.1. The van der Waals surface area contributed by atoms with Gasteiger partial charge in [0.1, 0.15) is 0 Å². The zero-order valence-electron chi connectivity index (χ0n) is 47.0. The van der Waals surface area contributed by atoms with Gasteiger partial charge in [0.05, 0.1) is 0 Å². The Hall–Kier alpha value is -6.66. The molecule has 0 saturated carbocycles. The molecule has 0 bridgehead atoms. The fourth-order valence-electron chi connectivity index (χ4n) is 9.07. The van der Waals surface area contributed by atoms with Gasteiger partial charge in [-0.2, -0.15) is 0 Å². The van der Waals surface area contributed by atoms with Gasteiger partial charge in [-0.25, -0.2) is 0 Å². The van der Waals surface area contributed by atoms with Crippen molar-refractivity contribution in [3.63, 3.8) is 0 Å². The van der Waals surface area contributed by atoms with Crippen LogP contribution < -0.4 is 41.0 Å². The first-order valence-corrected chi connectivity index (χ1v) is 31.2. The predicted molar refractivity (Wildman–Crippen MR) is 335 cm³/mol. The summed E-state index contributed by atoms with van der Waals surface area (Å²) >= 11 is -0.0724. The summed E-state index contributed by atoms with van der Waals surface area (Å²) in [5.41, 5.74) is 16.9. The van der Waals surface area contributed by atoms with Gasteiger partial charge in [0.15, 0.2) is 0 Å². The summed E-state index contributed by atoms with van der Waals surface area (Å²) in [6.45, 7) is 26.3. The Kier molecular flexibility index (Phi) is 22.6. The van der Waals surface area contributed by atoms with Gasteiger partial charge in [-0.05, 0) is 0 Å². The van der Waals surface area contributed by atoms with Crippen LogP contribution in [0.2, 0.25) is 0 Å². The summed E-state index contributed by atoms with van der Waals surface area (Å²) in [7, 11) is 0. The van der Waals surface area contributed by atoms with E-state index < -0.39 is 0 Å². The first-order chi connectivity index (χ1) is 37.3. The van der Waals surface area contributed by atoms with Crippen LogP contribution >= 0.6 is 0 Å². The Labute approximate surface area is 489 Å². The number of phenolic OH excluding ortho intramolecular Hbond substituents is 3. The third kappa shape index (κ3) is 17.4. The van der Waals surface area contributed by atoms with Crippen LogP contribution in [0, 0.1) is 83.1 Å². The van der Waals surface area contributed by atoms with Crippen molar-refractivity contribution < 1.29 is 29.5 Å². The van der Waals surface area contributed by atoms with Crippen LogP contribution in [0.4, 0.5) is 0 Å². The quantitative estimate of drug-likeness (QED) is 0.0887. The summed E-state index contributed by atoms with van der Waals surface area (Å²) in [4.78, 5) is 0. The summed E-state index contributed by atoms with van der Waals surface area (Å²) < 4.78 is 25.5. The summed E-state index contributed by atoms with van der Waals surface area (Å²) in [6.07, 6.45) is 0. The Morgan fingerprint density at radius 2 is 0.481 bits per heavy atom. The molecule has 0 heterocycles. The van der Waals surface area contributed by atoms with E-state index in [0.29, 0.717) is 37.1 Å². The monoisotopic (exact) mass is 1250 g/mol. The van der Waals surface area contributed by atoms with Crippen molar-refractivity contribution in [1.29, 1.82) is 0 Å². The van der Waals surface area contributed by atoms with Gasteiger partial charge in [0, 0.05) is 0 Å².